The molecule has 0 aliphatic carbocycles. The van der Waals surface area contributed by atoms with E-state index in [-0.39, 0.29) is 11.2 Å². The number of pyridine rings is 1. The number of rotatable bonds is 4. The molecule has 0 aliphatic heterocycles. The lowest BCUT2D eigenvalue weighted by atomic mass is 9.99. The van der Waals surface area contributed by atoms with E-state index in [2.05, 4.69) is 4.98 Å². The molecule has 0 atom stereocenters. The van der Waals surface area contributed by atoms with Crippen molar-refractivity contribution in [3.8, 4) is 22.4 Å². The first kappa shape index (κ1) is 19.0. The number of fused-ring (bicyclic) bond motifs is 1. The Labute approximate surface area is 166 Å². The smallest absolute Gasteiger partial charge is 0.174 e. The fraction of sp³-hybridized carbons (Fsp3) is 0.130. The molecule has 2 aromatic heterocycles. The van der Waals surface area contributed by atoms with Crippen LogP contribution in [0, 0.1) is 11.6 Å². The Hall–Kier alpha value is -3.38. The maximum Gasteiger partial charge on any atom is 0.174 e. The molecule has 0 saturated carbocycles. The van der Waals surface area contributed by atoms with E-state index in [1.807, 2.05) is 0 Å². The predicted molar refractivity (Wildman–Crippen MR) is 107 cm³/mol. The summed E-state index contributed by atoms with van der Waals surface area (Å²) in [6.07, 6.45) is 3.88. The van der Waals surface area contributed by atoms with Crippen LogP contribution in [-0.2, 0) is 5.60 Å². The summed E-state index contributed by atoms with van der Waals surface area (Å²) in [5, 5.41) is 10.1. The Morgan fingerprint density at radius 2 is 1.72 bits per heavy atom. The fourth-order valence-electron chi connectivity index (χ4n) is 3.35. The molecule has 0 spiro atoms. The van der Waals surface area contributed by atoms with Crippen molar-refractivity contribution in [1.29, 1.82) is 0 Å². The summed E-state index contributed by atoms with van der Waals surface area (Å²) in [5.41, 5.74) is 1.64. The lowest BCUT2D eigenvalue weighted by Gasteiger charge is -2.18. The minimum absolute atomic E-state index is 0.0841. The zero-order valence-electron chi connectivity index (χ0n) is 15.9. The summed E-state index contributed by atoms with van der Waals surface area (Å²) >= 11 is 0. The molecule has 0 saturated heterocycles. The Kier molecular flexibility index (Phi) is 4.51. The molecular formula is C23H18F2N2O2. The topological polar surface area (TPSA) is 54.6 Å². The van der Waals surface area contributed by atoms with Crippen molar-refractivity contribution in [2.75, 3.05) is 0 Å². The van der Waals surface area contributed by atoms with Gasteiger partial charge in [-0.2, -0.15) is 0 Å². The van der Waals surface area contributed by atoms with Crippen molar-refractivity contribution >= 4 is 11.9 Å². The van der Waals surface area contributed by atoms with Crippen LogP contribution in [0.15, 0.2) is 60.9 Å². The van der Waals surface area contributed by atoms with E-state index in [0.717, 1.165) is 6.29 Å². The number of nitrogens with zero attached hydrogens (tertiary/aromatic N) is 2. The van der Waals surface area contributed by atoms with Crippen LogP contribution in [-0.4, -0.2) is 20.8 Å². The maximum absolute atomic E-state index is 14.8. The first-order chi connectivity index (χ1) is 13.8. The van der Waals surface area contributed by atoms with Gasteiger partial charge >= 0.3 is 0 Å². The molecule has 0 amide bonds. The van der Waals surface area contributed by atoms with Crippen LogP contribution in [0.4, 0.5) is 8.78 Å². The Bertz CT molecular complexity index is 1220. The van der Waals surface area contributed by atoms with E-state index in [0.29, 0.717) is 27.9 Å². The molecule has 29 heavy (non-hydrogen) atoms. The maximum atomic E-state index is 14.8. The first-order valence-electron chi connectivity index (χ1n) is 9.03. The number of carbonyl (C=O) groups is 1. The van der Waals surface area contributed by atoms with Crippen LogP contribution in [0.3, 0.4) is 0 Å². The highest BCUT2D eigenvalue weighted by Gasteiger charge is 2.24. The van der Waals surface area contributed by atoms with Crippen molar-refractivity contribution in [2.45, 2.75) is 19.4 Å². The molecule has 2 heterocycles. The predicted octanol–water partition coefficient (Wildman–Crippen LogP) is 4.99. The van der Waals surface area contributed by atoms with Crippen LogP contribution >= 0.6 is 0 Å². The van der Waals surface area contributed by atoms with Gasteiger partial charge in [0.1, 0.15) is 12.1 Å². The van der Waals surface area contributed by atoms with Gasteiger partial charge in [0.25, 0.3) is 0 Å². The number of benzene rings is 2. The van der Waals surface area contributed by atoms with Crippen molar-refractivity contribution in [3.63, 3.8) is 0 Å². The third kappa shape index (κ3) is 3.32. The summed E-state index contributed by atoms with van der Waals surface area (Å²) < 4.78 is 30.9. The molecular weight excluding hydrogens is 374 g/mol. The molecule has 4 rings (SSSR count). The highest BCUT2D eigenvalue weighted by atomic mass is 19.1. The molecule has 6 heteroatoms. The standard InChI is InChI=1S/C23H18F2N2O2/c1-23(2,29)18-9-10-27-20(12-26-22(27)21(18)25)16-7-8-19(24)17(11-16)15-5-3-14(13-28)4-6-15/h3-13,29H,1-2H3. The number of hydrogen-bond acceptors (Lipinski definition) is 3. The summed E-state index contributed by atoms with van der Waals surface area (Å²) in [6, 6.07) is 12.7. The van der Waals surface area contributed by atoms with Gasteiger partial charge in [-0.05, 0) is 43.7 Å². The van der Waals surface area contributed by atoms with Crippen LogP contribution < -0.4 is 0 Å². The molecule has 0 aliphatic rings. The minimum Gasteiger partial charge on any atom is -0.386 e. The highest BCUT2D eigenvalue weighted by Crippen LogP contribution is 2.31. The van der Waals surface area contributed by atoms with E-state index in [1.54, 1.807) is 47.0 Å². The molecule has 0 unspecified atom stereocenters. The van der Waals surface area contributed by atoms with Crippen LogP contribution in [0.1, 0.15) is 29.8 Å². The molecule has 0 fully saturated rings. The highest BCUT2D eigenvalue weighted by molar-refractivity contribution is 5.78. The number of imidazole rings is 1. The average Bonchev–Trinajstić information content (AvgIpc) is 3.13. The third-order valence-corrected chi connectivity index (χ3v) is 4.90. The summed E-state index contributed by atoms with van der Waals surface area (Å²) in [5.74, 6) is -1.00. The zero-order valence-corrected chi connectivity index (χ0v) is 15.9. The van der Waals surface area contributed by atoms with Gasteiger partial charge in [-0.25, -0.2) is 13.8 Å². The number of halogens is 2. The monoisotopic (exact) mass is 392 g/mol. The van der Waals surface area contributed by atoms with Gasteiger partial charge in [0, 0.05) is 28.5 Å². The molecule has 2 aromatic carbocycles. The van der Waals surface area contributed by atoms with Crippen LogP contribution in [0.5, 0.6) is 0 Å². The van der Waals surface area contributed by atoms with Gasteiger partial charge in [0.2, 0.25) is 0 Å². The number of aromatic nitrogens is 2. The lowest BCUT2D eigenvalue weighted by Crippen LogP contribution is -2.18. The van der Waals surface area contributed by atoms with Gasteiger partial charge in [0.05, 0.1) is 17.5 Å². The normalized spacial score (nSPS) is 11.8. The lowest BCUT2D eigenvalue weighted by molar-refractivity contribution is 0.0746. The van der Waals surface area contributed by atoms with Crippen molar-refractivity contribution in [2.24, 2.45) is 0 Å². The van der Waals surface area contributed by atoms with Crippen molar-refractivity contribution < 1.29 is 18.7 Å². The number of aliphatic hydroxyl groups is 1. The zero-order chi connectivity index (χ0) is 20.8. The number of carbonyl (C=O) groups excluding carboxylic acids is 1. The SMILES string of the molecule is CC(C)(O)c1ccn2c(-c3ccc(F)c(-c4ccc(C=O)cc4)c3)cnc2c1F. The second-order valence-corrected chi connectivity index (χ2v) is 7.37. The fourth-order valence-corrected chi connectivity index (χ4v) is 3.35. The summed E-state index contributed by atoms with van der Waals surface area (Å²) in [7, 11) is 0. The third-order valence-electron chi connectivity index (χ3n) is 4.90. The van der Waals surface area contributed by atoms with Gasteiger partial charge in [0.15, 0.2) is 11.5 Å². The summed E-state index contributed by atoms with van der Waals surface area (Å²) in [4.78, 5) is 15.0. The number of hydrogen-bond donors (Lipinski definition) is 1. The van der Waals surface area contributed by atoms with Gasteiger partial charge in [-0.1, -0.05) is 24.3 Å². The molecule has 146 valence electrons. The van der Waals surface area contributed by atoms with Gasteiger partial charge in [-0.15, -0.1) is 0 Å². The number of aldehydes is 1. The van der Waals surface area contributed by atoms with E-state index in [4.69, 9.17) is 0 Å². The summed E-state index contributed by atoms with van der Waals surface area (Å²) in [6.45, 7) is 3.02. The molecule has 0 radical (unpaired) electrons. The Balaban J connectivity index is 1.84. The Morgan fingerprint density at radius 3 is 2.38 bits per heavy atom. The minimum atomic E-state index is -1.34. The Morgan fingerprint density at radius 1 is 1.03 bits per heavy atom. The second kappa shape index (κ2) is 6.90. The average molecular weight is 392 g/mol. The van der Waals surface area contributed by atoms with Crippen molar-refractivity contribution in [3.05, 3.63) is 83.7 Å². The van der Waals surface area contributed by atoms with E-state index < -0.39 is 17.2 Å². The molecule has 0 bridgehead atoms. The second-order valence-electron chi connectivity index (χ2n) is 7.37. The first-order valence-corrected chi connectivity index (χ1v) is 9.03. The van der Waals surface area contributed by atoms with Gasteiger partial charge in [-0.3, -0.25) is 9.20 Å². The van der Waals surface area contributed by atoms with Gasteiger partial charge < -0.3 is 5.11 Å². The quantitative estimate of drug-likeness (QED) is 0.498. The van der Waals surface area contributed by atoms with Crippen LogP contribution in [0.25, 0.3) is 28.0 Å². The van der Waals surface area contributed by atoms with Crippen molar-refractivity contribution in [1.82, 2.24) is 9.38 Å². The largest absolute Gasteiger partial charge is 0.386 e. The van der Waals surface area contributed by atoms with E-state index in [9.17, 15) is 18.7 Å². The van der Waals surface area contributed by atoms with E-state index in [1.165, 1.54) is 32.2 Å². The van der Waals surface area contributed by atoms with Crippen LogP contribution in [0.2, 0.25) is 0 Å². The molecule has 4 nitrogen and oxygen atoms in total. The molecule has 1 N–H and O–H groups in total. The van der Waals surface area contributed by atoms with E-state index >= 15 is 0 Å². The molecule has 4 aromatic rings.